The van der Waals surface area contributed by atoms with Crippen molar-refractivity contribution in [1.82, 2.24) is 9.21 Å². The second-order valence-electron chi connectivity index (χ2n) is 5.89. The van der Waals surface area contributed by atoms with Crippen LogP contribution in [0.5, 0.6) is 0 Å². The second-order valence-corrected chi connectivity index (χ2v) is 7.83. The summed E-state index contributed by atoms with van der Waals surface area (Å²) in [6.45, 7) is 10.7. The summed E-state index contributed by atoms with van der Waals surface area (Å²) in [5.41, 5.74) is 0. The molecule has 0 heterocycles. The molecule has 0 aliphatic rings. The van der Waals surface area contributed by atoms with Gasteiger partial charge >= 0.3 is 0 Å². The van der Waals surface area contributed by atoms with Crippen LogP contribution in [0.2, 0.25) is 0 Å². The fraction of sp³-hybridized carbons (Fsp3) is 0.625. The monoisotopic (exact) mass is 348 g/mol. The zero-order valence-corrected chi connectivity index (χ0v) is 15.0. The van der Waals surface area contributed by atoms with Crippen molar-refractivity contribution in [1.29, 1.82) is 0 Å². The molecule has 0 saturated carbocycles. The molecule has 7 heteroatoms. The van der Waals surface area contributed by atoms with Crippen molar-refractivity contribution in [2.45, 2.75) is 32.6 Å². The van der Waals surface area contributed by atoms with Gasteiger partial charge in [0.15, 0.2) is 0 Å². The van der Waals surface area contributed by atoms with Gasteiger partial charge in [-0.3, -0.25) is 0 Å². The van der Waals surface area contributed by atoms with Crippen molar-refractivity contribution >= 4 is 10.0 Å². The van der Waals surface area contributed by atoms with E-state index in [0.29, 0.717) is 25.7 Å². The average molecular weight is 348 g/mol. The molecule has 0 spiro atoms. The van der Waals surface area contributed by atoms with E-state index < -0.39 is 21.7 Å². The first-order valence-corrected chi connectivity index (χ1v) is 9.33. The van der Waals surface area contributed by atoms with Crippen molar-refractivity contribution in [2.75, 3.05) is 32.7 Å². The smallest absolute Gasteiger partial charge is 0.243 e. The summed E-state index contributed by atoms with van der Waals surface area (Å²) >= 11 is 0. The van der Waals surface area contributed by atoms with E-state index in [1.54, 1.807) is 0 Å². The van der Waals surface area contributed by atoms with E-state index in [1.165, 1.54) is 4.31 Å². The Morgan fingerprint density at radius 1 is 1.00 bits per heavy atom. The van der Waals surface area contributed by atoms with Crippen LogP contribution >= 0.6 is 0 Å². The van der Waals surface area contributed by atoms with Crippen LogP contribution in [0.3, 0.4) is 0 Å². The van der Waals surface area contributed by atoms with E-state index in [-0.39, 0.29) is 10.8 Å². The quantitative estimate of drug-likeness (QED) is 0.689. The zero-order chi connectivity index (χ0) is 17.6. The zero-order valence-electron chi connectivity index (χ0n) is 14.2. The van der Waals surface area contributed by atoms with E-state index in [2.05, 4.69) is 4.90 Å². The molecule has 0 aliphatic carbocycles. The van der Waals surface area contributed by atoms with Crippen molar-refractivity contribution in [3.63, 3.8) is 0 Å². The second kappa shape index (κ2) is 8.70. The topological polar surface area (TPSA) is 40.6 Å². The molecule has 23 heavy (non-hydrogen) atoms. The number of rotatable bonds is 9. The van der Waals surface area contributed by atoms with Gasteiger partial charge in [0.05, 0.1) is 4.90 Å². The van der Waals surface area contributed by atoms with Crippen LogP contribution in [0.25, 0.3) is 0 Å². The predicted octanol–water partition coefficient (Wildman–Crippen LogP) is 2.95. The Morgan fingerprint density at radius 2 is 1.52 bits per heavy atom. The third kappa shape index (κ3) is 5.82. The molecular weight excluding hydrogens is 322 g/mol. The van der Waals surface area contributed by atoms with E-state index in [1.807, 2.05) is 27.7 Å². The van der Waals surface area contributed by atoms with Gasteiger partial charge in [-0.1, -0.05) is 27.7 Å². The molecule has 0 N–H and O–H groups in total. The average Bonchev–Trinajstić information content (AvgIpc) is 2.45. The number of nitrogens with zero attached hydrogens (tertiary/aromatic N) is 2. The van der Waals surface area contributed by atoms with Crippen LogP contribution in [0.4, 0.5) is 8.78 Å². The summed E-state index contributed by atoms with van der Waals surface area (Å²) in [5.74, 6) is -1.67. The number of hydrogen-bond donors (Lipinski definition) is 0. The minimum Gasteiger partial charge on any atom is -0.303 e. The highest BCUT2D eigenvalue weighted by molar-refractivity contribution is 7.89. The van der Waals surface area contributed by atoms with Crippen LogP contribution in [-0.4, -0.2) is 50.3 Å². The lowest BCUT2D eigenvalue weighted by Crippen LogP contribution is -2.40. The first-order chi connectivity index (χ1) is 10.7. The van der Waals surface area contributed by atoms with Crippen LogP contribution in [0.15, 0.2) is 23.1 Å². The highest BCUT2D eigenvalue weighted by Crippen LogP contribution is 2.19. The normalized spacial score (nSPS) is 12.6. The van der Waals surface area contributed by atoms with Gasteiger partial charge in [-0.25, -0.2) is 17.2 Å². The molecule has 0 atom stereocenters. The van der Waals surface area contributed by atoms with Crippen LogP contribution < -0.4 is 0 Å². The maximum absolute atomic E-state index is 13.4. The molecule has 0 aliphatic heterocycles. The number of sulfonamides is 1. The number of halogens is 2. The summed E-state index contributed by atoms with van der Waals surface area (Å²) < 4.78 is 53.5. The molecule has 1 rings (SSSR count). The van der Waals surface area contributed by atoms with Crippen molar-refractivity contribution in [3.8, 4) is 0 Å². The molecular formula is C16H26F2N2O2S. The highest BCUT2D eigenvalue weighted by Gasteiger charge is 2.26. The molecule has 0 aromatic heterocycles. The SMILES string of the molecule is CCN(CC)CCN(CC(C)C)S(=O)(=O)c1cc(F)cc(F)c1. The Labute approximate surface area is 138 Å². The molecule has 0 fully saturated rings. The largest absolute Gasteiger partial charge is 0.303 e. The molecule has 0 unspecified atom stereocenters. The molecule has 132 valence electrons. The van der Waals surface area contributed by atoms with Gasteiger partial charge in [0.25, 0.3) is 0 Å². The van der Waals surface area contributed by atoms with E-state index >= 15 is 0 Å². The Bertz CT molecular complexity index is 582. The van der Waals surface area contributed by atoms with E-state index in [0.717, 1.165) is 25.2 Å². The molecule has 1 aromatic carbocycles. The van der Waals surface area contributed by atoms with Crippen LogP contribution in [-0.2, 0) is 10.0 Å². The van der Waals surface area contributed by atoms with E-state index in [9.17, 15) is 17.2 Å². The maximum atomic E-state index is 13.4. The minimum absolute atomic E-state index is 0.111. The van der Waals surface area contributed by atoms with Gasteiger partial charge in [-0.15, -0.1) is 0 Å². The summed E-state index contributed by atoms with van der Waals surface area (Å²) in [6, 6.07) is 2.40. The van der Waals surface area contributed by atoms with Gasteiger partial charge in [0.2, 0.25) is 10.0 Å². The molecule has 0 radical (unpaired) electrons. The van der Waals surface area contributed by atoms with Gasteiger partial charge in [0.1, 0.15) is 11.6 Å². The van der Waals surface area contributed by atoms with Crippen molar-refractivity contribution in [3.05, 3.63) is 29.8 Å². The molecule has 0 saturated heterocycles. The van der Waals surface area contributed by atoms with Gasteiger partial charge in [-0.05, 0) is 31.1 Å². The standard InChI is InChI=1S/C16H26F2N2O2S/c1-5-19(6-2)7-8-20(12-13(3)4)23(21,22)16-10-14(17)9-15(18)11-16/h9-11,13H,5-8,12H2,1-4H3. The Hall–Kier alpha value is -1.05. The molecule has 4 nitrogen and oxygen atoms in total. The fourth-order valence-electron chi connectivity index (χ4n) is 2.34. The first-order valence-electron chi connectivity index (χ1n) is 7.89. The molecule has 0 amide bonds. The highest BCUT2D eigenvalue weighted by atomic mass is 32.2. The third-order valence-corrected chi connectivity index (χ3v) is 5.45. The third-order valence-electron chi connectivity index (χ3n) is 3.60. The lowest BCUT2D eigenvalue weighted by Gasteiger charge is -2.27. The Morgan fingerprint density at radius 3 is 1.96 bits per heavy atom. The number of hydrogen-bond acceptors (Lipinski definition) is 3. The predicted molar refractivity (Wildman–Crippen MR) is 87.7 cm³/mol. The fourth-order valence-corrected chi connectivity index (χ4v) is 3.97. The van der Waals surface area contributed by atoms with Crippen LogP contribution in [0, 0.1) is 17.6 Å². The minimum atomic E-state index is -3.93. The van der Waals surface area contributed by atoms with Gasteiger partial charge in [0, 0.05) is 25.7 Å². The Balaban J connectivity index is 3.08. The Kier molecular flexibility index (Phi) is 7.57. The summed E-state index contributed by atoms with van der Waals surface area (Å²) in [5, 5.41) is 0. The molecule has 0 bridgehead atoms. The molecule has 1 aromatic rings. The lowest BCUT2D eigenvalue weighted by atomic mass is 10.2. The maximum Gasteiger partial charge on any atom is 0.243 e. The first kappa shape index (κ1) is 20.0. The lowest BCUT2D eigenvalue weighted by molar-refractivity contribution is 0.262. The van der Waals surface area contributed by atoms with E-state index in [4.69, 9.17) is 0 Å². The number of benzene rings is 1. The van der Waals surface area contributed by atoms with Crippen LogP contribution in [0.1, 0.15) is 27.7 Å². The summed E-state index contributed by atoms with van der Waals surface area (Å²) in [4.78, 5) is 1.77. The van der Waals surface area contributed by atoms with Crippen molar-refractivity contribution < 1.29 is 17.2 Å². The van der Waals surface area contributed by atoms with Gasteiger partial charge in [-0.2, -0.15) is 4.31 Å². The number of likely N-dealkylation sites (N-methyl/N-ethyl adjacent to an activating group) is 1. The summed E-state index contributed by atoms with van der Waals surface area (Å²) in [7, 11) is -3.93. The van der Waals surface area contributed by atoms with Crippen molar-refractivity contribution in [2.24, 2.45) is 5.92 Å². The van der Waals surface area contributed by atoms with Gasteiger partial charge < -0.3 is 4.90 Å². The summed E-state index contributed by atoms with van der Waals surface area (Å²) in [6.07, 6.45) is 0.